The van der Waals surface area contributed by atoms with Crippen molar-refractivity contribution in [2.45, 2.75) is 17.7 Å². The summed E-state index contributed by atoms with van der Waals surface area (Å²) in [6.07, 6.45) is -4.52. The molecule has 4 nitrogen and oxygen atoms in total. The van der Waals surface area contributed by atoms with Gasteiger partial charge in [-0.15, -0.1) is 0 Å². The van der Waals surface area contributed by atoms with Gasteiger partial charge in [0, 0.05) is 5.69 Å². The second kappa shape index (κ2) is 7.93. The maximum absolute atomic E-state index is 12.6. The van der Waals surface area contributed by atoms with E-state index in [2.05, 4.69) is 4.72 Å². The molecule has 0 bridgehead atoms. The van der Waals surface area contributed by atoms with Crippen LogP contribution in [0.3, 0.4) is 0 Å². The lowest BCUT2D eigenvalue weighted by atomic mass is 10.2. The van der Waals surface area contributed by atoms with Crippen LogP contribution in [0.5, 0.6) is 5.75 Å². The van der Waals surface area contributed by atoms with E-state index in [9.17, 15) is 21.6 Å². The summed E-state index contributed by atoms with van der Waals surface area (Å²) in [6.45, 7) is 0.372. The second-order valence-electron chi connectivity index (χ2n) is 5.93. The van der Waals surface area contributed by atoms with Gasteiger partial charge in [0.2, 0.25) is 0 Å². The first-order chi connectivity index (χ1) is 13.2. The first kappa shape index (κ1) is 19.8. The standard InChI is InChI=1S/C20H16F3NO3S/c21-20(22,23)16-6-12-19(13-7-16)28(25,26)24-17-8-10-18(11-9-17)27-14-15-4-2-1-3-5-15/h1-13,24H,14H2. The van der Waals surface area contributed by atoms with Crippen molar-refractivity contribution in [3.63, 3.8) is 0 Å². The fourth-order valence-corrected chi connectivity index (χ4v) is 3.46. The Hall–Kier alpha value is -3.00. The highest BCUT2D eigenvalue weighted by Crippen LogP contribution is 2.30. The van der Waals surface area contributed by atoms with E-state index in [1.807, 2.05) is 30.3 Å². The summed E-state index contributed by atoms with van der Waals surface area (Å²) in [7, 11) is -4.00. The molecule has 8 heteroatoms. The number of ether oxygens (including phenoxy) is 1. The molecule has 0 atom stereocenters. The average molecular weight is 407 g/mol. The molecule has 0 fully saturated rings. The first-order valence-electron chi connectivity index (χ1n) is 8.21. The van der Waals surface area contributed by atoms with E-state index >= 15 is 0 Å². The highest BCUT2D eigenvalue weighted by atomic mass is 32.2. The minimum absolute atomic E-state index is 0.259. The zero-order valence-corrected chi connectivity index (χ0v) is 15.3. The molecule has 0 amide bonds. The maximum atomic E-state index is 12.6. The van der Waals surface area contributed by atoms with Crippen LogP contribution in [0.25, 0.3) is 0 Å². The number of benzene rings is 3. The molecule has 0 aliphatic heterocycles. The third-order valence-corrected chi connectivity index (χ3v) is 5.24. The normalized spacial score (nSPS) is 11.8. The van der Waals surface area contributed by atoms with Crippen LogP contribution in [0, 0.1) is 0 Å². The molecule has 3 rings (SSSR count). The van der Waals surface area contributed by atoms with Crippen LogP contribution in [0.2, 0.25) is 0 Å². The Bertz CT molecular complexity index is 1020. The molecule has 0 saturated heterocycles. The lowest BCUT2D eigenvalue weighted by Crippen LogP contribution is -2.13. The largest absolute Gasteiger partial charge is 0.489 e. The van der Waals surface area contributed by atoms with E-state index in [0.717, 1.165) is 29.8 Å². The molecule has 1 N–H and O–H groups in total. The molecule has 0 saturated carbocycles. The number of halogens is 3. The quantitative estimate of drug-likeness (QED) is 0.620. The predicted molar refractivity (Wildman–Crippen MR) is 99.5 cm³/mol. The van der Waals surface area contributed by atoms with Gasteiger partial charge in [0.25, 0.3) is 10.0 Å². The molecule has 0 radical (unpaired) electrons. The fraction of sp³-hybridized carbons (Fsp3) is 0.100. The Morgan fingerprint density at radius 2 is 1.43 bits per heavy atom. The third kappa shape index (κ3) is 5.04. The van der Waals surface area contributed by atoms with E-state index in [1.54, 1.807) is 12.1 Å². The first-order valence-corrected chi connectivity index (χ1v) is 9.69. The number of sulfonamides is 1. The Labute approximate surface area is 160 Å². The molecule has 0 aliphatic rings. The lowest BCUT2D eigenvalue weighted by Gasteiger charge is -2.11. The molecule has 3 aromatic rings. The number of rotatable bonds is 6. The maximum Gasteiger partial charge on any atom is 0.416 e. The summed E-state index contributed by atoms with van der Waals surface area (Å²) >= 11 is 0. The van der Waals surface area contributed by atoms with Gasteiger partial charge in [-0.05, 0) is 54.1 Å². The average Bonchev–Trinajstić information content (AvgIpc) is 2.67. The Morgan fingerprint density at radius 3 is 2.00 bits per heavy atom. The van der Waals surface area contributed by atoms with Gasteiger partial charge in [-0.3, -0.25) is 4.72 Å². The molecule has 0 spiro atoms. The smallest absolute Gasteiger partial charge is 0.416 e. The number of anilines is 1. The molecule has 0 aromatic heterocycles. The van der Waals surface area contributed by atoms with E-state index in [0.29, 0.717) is 12.4 Å². The summed E-state index contributed by atoms with van der Waals surface area (Å²) in [6, 6.07) is 19.1. The van der Waals surface area contributed by atoms with Crippen molar-refractivity contribution >= 4 is 15.7 Å². The van der Waals surface area contributed by atoms with Gasteiger partial charge in [0.15, 0.2) is 0 Å². The zero-order valence-electron chi connectivity index (χ0n) is 14.5. The monoisotopic (exact) mass is 407 g/mol. The molecule has 3 aromatic carbocycles. The van der Waals surface area contributed by atoms with Gasteiger partial charge in [0.1, 0.15) is 12.4 Å². The van der Waals surface area contributed by atoms with E-state index in [4.69, 9.17) is 4.74 Å². The predicted octanol–water partition coefficient (Wildman–Crippen LogP) is 5.09. The van der Waals surface area contributed by atoms with Crippen molar-refractivity contribution in [1.29, 1.82) is 0 Å². The lowest BCUT2D eigenvalue weighted by molar-refractivity contribution is -0.137. The minimum atomic E-state index is -4.52. The third-order valence-electron chi connectivity index (χ3n) is 3.85. The number of hydrogen-bond acceptors (Lipinski definition) is 3. The van der Waals surface area contributed by atoms with Crippen molar-refractivity contribution in [2.24, 2.45) is 0 Å². The number of nitrogens with one attached hydrogen (secondary N) is 1. The molecular weight excluding hydrogens is 391 g/mol. The number of alkyl halides is 3. The van der Waals surface area contributed by atoms with Gasteiger partial charge in [-0.1, -0.05) is 30.3 Å². The topological polar surface area (TPSA) is 55.4 Å². The van der Waals surface area contributed by atoms with E-state index < -0.39 is 21.8 Å². The van der Waals surface area contributed by atoms with Crippen molar-refractivity contribution < 1.29 is 26.3 Å². The van der Waals surface area contributed by atoms with Gasteiger partial charge < -0.3 is 4.74 Å². The van der Waals surface area contributed by atoms with Gasteiger partial charge in [-0.25, -0.2) is 8.42 Å². The van der Waals surface area contributed by atoms with Crippen molar-refractivity contribution in [1.82, 2.24) is 0 Å². The Morgan fingerprint density at radius 1 is 0.821 bits per heavy atom. The number of hydrogen-bond donors (Lipinski definition) is 1. The van der Waals surface area contributed by atoms with Gasteiger partial charge in [0.05, 0.1) is 10.5 Å². The Kier molecular flexibility index (Phi) is 5.60. The summed E-state index contributed by atoms with van der Waals surface area (Å²) in [5, 5.41) is 0. The molecule has 0 heterocycles. The van der Waals surface area contributed by atoms with Crippen LogP contribution in [-0.2, 0) is 22.8 Å². The summed E-state index contributed by atoms with van der Waals surface area (Å²) in [5.41, 5.74) is 0.355. The van der Waals surface area contributed by atoms with Gasteiger partial charge in [-0.2, -0.15) is 13.2 Å². The highest BCUT2D eigenvalue weighted by Gasteiger charge is 2.30. The van der Waals surface area contributed by atoms with Crippen molar-refractivity contribution in [3.8, 4) is 5.75 Å². The SMILES string of the molecule is O=S(=O)(Nc1ccc(OCc2ccccc2)cc1)c1ccc(C(F)(F)F)cc1. The summed E-state index contributed by atoms with van der Waals surface area (Å²) in [5.74, 6) is 0.557. The van der Waals surface area contributed by atoms with E-state index in [1.165, 1.54) is 12.1 Å². The summed E-state index contributed by atoms with van der Waals surface area (Å²) in [4.78, 5) is -0.259. The summed E-state index contributed by atoms with van der Waals surface area (Å²) < 4.78 is 70.4. The Balaban J connectivity index is 1.65. The molecule has 28 heavy (non-hydrogen) atoms. The molecule has 146 valence electrons. The van der Waals surface area contributed by atoms with Crippen LogP contribution in [0.1, 0.15) is 11.1 Å². The van der Waals surface area contributed by atoms with Crippen LogP contribution in [-0.4, -0.2) is 8.42 Å². The second-order valence-corrected chi connectivity index (χ2v) is 7.61. The van der Waals surface area contributed by atoms with Crippen LogP contribution >= 0.6 is 0 Å². The molecule has 0 aliphatic carbocycles. The van der Waals surface area contributed by atoms with Crippen LogP contribution in [0.15, 0.2) is 83.8 Å². The van der Waals surface area contributed by atoms with Gasteiger partial charge >= 0.3 is 6.18 Å². The van der Waals surface area contributed by atoms with Crippen molar-refractivity contribution in [3.05, 3.63) is 90.0 Å². The van der Waals surface area contributed by atoms with E-state index in [-0.39, 0.29) is 10.6 Å². The van der Waals surface area contributed by atoms with Crippen LogP contribution in [0.4, 0.5) is 18.9 Å². The fourth-order valence-electron chi connectivity index (χ4n) is 2.40. The zero-order chi connectivity index (χ0) is 20.2. The van der Waals surface area contributed by atoms with Crippen molar-refractivity contribution in [2.75, 3.05) is 4.72 Å². The minimum Gasteiger partial charge on any atom is -0.489 e. The molecule has 0 unspecified atom stereocenters. The van der Waals surface area contributed by atoms with Crippen LogP contribution < -0.4 is 9.46 Å². The molecular formula is C20H16F3NO3S. The highest BCUT2D eigenvalue weighted by molar-refractivity contribution is 7.92.